The summed E-state index contributed by atoms with van der Waals surface area (Å²) in [5.74, 6) is -0.613. The van der Waals surface area contributed by atoms with Crippen molar-refractivity contribution in [1.82, 2.24) is 15.5 Å². The summed E-state index contributed by atoms with van der Waals surface area (Å²) in [6, 6.07) is 4.54. The zero-order valence-electron chi connectivity index (χ0n) is 17.3. The van der Waals surface area contributed by atoms with Gasteiger partial charge in [-0.2, -0.15) is 10.4 Å². The van der Waals surface area contributed by atoms with E-state index in [2.05, 4.69) is 15.3 Å². The number of nitriles is 1. The Labute approximate surface area is 192 Å². The van der Waals surface area contributed by atoms with Gasteiger partial charge in [0.2, 0.25) is 18.0 Å². The molecule has 2 aromatic rings. The lowest BCUT2D eigenvalue weighted by atomic mass is 9.88. The Morgan fingerprint density at radius 2 is 2.06 bits per heavy atom. The third kappa shape index (κ3) is 4.44. The van der Waals surface area contributed by atoms with Gasteiger partial charge < -0.3 is 4.74 Å². The van der Waals surface area contributed by atoms with Crippen LogP contribution in [-0.2, 0) is 21.4 Å². The minimum Gasteiger partial charge on any atom is -0.434 e. The maximum atomic E-state index is 12.3. The molecule has 0 aliphatic heterocycles. The molecule has 1 heterocycles. The average Bonchev–Trinajstić information content (AvgIpc) is 3.06. The molecule has 1 aliphatic rings. The molecule has 1 aromatic carbocycles. The lowest BCUT2D eigenvalue weighted by Gasteiger charge is -2.18. The minimum atomic E-state index is -0.951. The Bertz CT molecular complexity index is 1210. The Balaban J connectivity index is 1.94. The van der Waals surface area contributed by atoms with Crippen LogP contribution >= 0.6 is 23.2 Å². The number of carbonyl (C=O) groups excluding carboxylic acids is 2. The number of hydrogen-bond donors (Lipinski definition) is 2. The second-order valence-electron chi connectivity index (χ2n) is 7.61. The van der Waals surface area contributed by atoms with E-state index in [-0.39, 0.29) is 39.1 Å². The first-order valence-corrected chi connectivity index (χ1v) is 10.1. The van der Waals surface area contributed by atoms with Gasteiger partial charge >= 0.3 is 0 Å². The number of anilines is 1. The molecule has 0 fully saturated rings. The molecule has 0 atom stereocenters. The van der Waals surface area contributed by atoms with Gasteiger partial charge in [0.15, 0.2) is 5.75 Å². The smallest absolute Gasteiger partial charge is 0.288 e. The predicted octanol–water partition coefficient (Wildman–Crippen LogP) is 2.68. The van der Waals surface area contributed by atoms with Crippen LogP contribution in [0, 0.1) is 11.3 Å². The summed E-state index contributed by atoms with van der Waals surface area (Å²) in [4.78, 5) is 34.4. The van der Waals surface area contributed by atoms with Crippen LogP contribution in [0.1, 0.15) is 31.4 Å². The molecule has 0 bridgehead atoms. The van der Waals surface area contributed by atoms with Crippen LogP contribution in [0.2, 0.25) is 10.0 Å². The van der Waals surface area contributed by atoms with Crippen molar-refractivity contribution in [3.05, 3.63) is 43.7 Å². The predicted molar refractivity (Wildman–Crippen MR) is 118 cm³/mol. The van der Waals surface area contributed by atoms with Crippen molar-refractivity contribution < 1.29 is 14.3 Å². The highest BCUT2D eigenvalue weighted by Gasteiger charge is 2.36. The number of benzene rings is 1. The number of carbonyl (C=O) groups is 2. The van der Waals surface area contributed by atoms with E-state index in [1.807, 2.05) is 19.2 Å². The number of aromatic amines is 1. The third-order valence-electron chi connectivity index (χ3n) is 5.04. The number of halogens is 2. The Hall–Kier alpha value is -3.42. The number of amides is 2. The maximum absolute atomic E-state index is 12.3. The summed E-state index contributed by atoms with van der Waals surface area (Å²) < 4.78 is 5.88. The quantitative estimate of drug-likeness (QED) is 0.370. The molecule has 3 rings (SSSR count). The van der Waals surface area contributed by atoms with Gasteiger partial charge in [-0.3, -0.25) is 24.7 Å². The fraction of sp³-hybridized carbons (Fsp3) is 0.300. The van der Waals surface area contributed by atoms with E-state index in [0.29, 0.717) is 23.2 Å². The highest BCUT2D eigenvalue weighted by molar-refractivity contribution is 6.46. The molecule has 0 saturated heterocycles. The molecule has 2 amide bonds. The number of H-pyrrole nitrogens is 1. The first-order valence-electron chi connectivity index (χ1n) is 9.35. The van der Waals surface area contributed by atoms with Crippen LogP contribution in [-0.4, -0.2) is 35.3 Å². The second kappa shape index (κ2) is 8.98. The normalized spacial score (nSPS) is 14.3. The summed E-state index contributed by atoms with van der Waals surface area (Å²) >= 11 is 12.7. The molecule has 1 aromatic heterocycles. The summed E-state index contributed by atoms with van der Waals surface area (Å²) in [6.45, 7) is 3.96. The number of hydrazone groups is 1. The van der Waals surface area contributed by atoms with Crippen molar-refractivity contribution in [2.45, 2.75) is 32.1 Å². The van der Waals surface area contributed by atoms with Crippen LogP contribution in [0.25, 0.3) is 0 Å². The highest BCUT2D eigenvalue weighted by atomic mass is 35.5. The van der Waals surface area contributed by atoms with Crippen LogP contribution < -0.4 is 20.6 Å². The molecule has 2 N–H and O–H groups in total. The Kier molecular flexibility index (Phi) is 6.52. The van der Waals surface area contributed by atoms with Gasteiger partial charge in [0.05, 0.1) is 15.7 Å². The number of rotatable bonds is 6. The zero-order chi connectivity index (χ0) is 23.6. The number of hydrogen-bond acceptors (Lipinski definition) is 8. The van der Waals surface area contributed by atoms with Crippen molar-refractivity contribution in [2.75, 3.05) is 12.1 Å². The summed E-state index contributed by atoms with van der Waals surface area (Å²) in [6.07, 6.45) is 1.55. The number of imide groups is 1. The third-order valence-corrected chi connectivity index (χ3v) is 5.60. The van der Waals surface area contributed by atoms with Crippen LogP contribution in [0.15, 0.2) is 22.0 Å². The van der Waals surface area contributed by atoms with Gasteiger partial charge in [-0.05, 0) is 30.4 Å². The van der Waals surface area contributed by atoms with Gasteiger partial charge in [-0.1, -0.05) is 37.0 Å². The van der Waals surface area contributed by atoms with Crippen LogP contribution in [0.3, 0.4) is 0 Å². The summed E-state index contributed by atoms with van der Waals surface area (Å²) in [5.41, 5.74) is 0.572. The molecular weight excluding hydrogens is 459 g/mol. The van der Waals surface area contributed by atoms with E-state index in [9.17, 15) is 14.4 Å². The fourth-order valence-corrected chi connectivity index (χ4v) is 3.99. The van der Waals surface area contributed by atoms with E-state index in [4.69, 9.17) is 33.2 Å². The van der Waals surface area contributed by atoms with E-state index >= 15 is 0 Å². The van der Waals surface area contributed by atoms with Crippen LogP contribution in [0.5, 0.6) is 11.6 Å². The molecular formula is C20H18Cl2N6O4. The number of aromatic nitrogens is 2. The molecule has 0 radical (unpaired) electrons. The Morgan fingerprint density at radius 3 is 2.66 bits per heavy atom. The van der Waals surface area contributed by atoms with Crippen molar-refractivity contribution in [2.24, 2.45) is 5.10 Å². The molecule has 166 valence electrons. The monoisotopic (exact) mass is 476 g/mol. The standard InChI is InChI=1S/C20H18Cl2N6O4/c1-20(2)5-4-11-15(20)18(31)25-26-19(11)32-16-12(21)6-10(7-13(16)22)28(3)27-14(8-23)17(30)24-9-29/h6-7,9H,4-5H2,1-3H3,(H,25,31)(H,24,29,30)/b27-14-. The SMILES string of the molecule is CN(/N=C(/C#N)C(=O)NC=O)c1cc(Cl)c(Oc2n[nH]c(=O)c3c2CCC3(C)C)c(Cl)c1. The first-order chi connectivity index (χ1) is 15.1. The lowest BCUT2D eigenvalue weighted by Crippen LogP contribution is -2.30. The fourth-order valence-electron chi connectivity index (χ4n) is 3.44. The van der Waals surface area contributed by atoms with Crippen molar-refractivity contribution in [3.8, 4) is 17.7 Å². The lowest BCUT2D eigenvalue weighted by molar-refractivity contribution is -0.120. The number of nitrogens with zero attached hydrogens (tertiary/aromatic N) is 4. The molecule has 0 spiro atoms. The van der Waals surface area contributed by atoms with E-state index in [1.165, 1.54) is 24.2 Å². The minimum absolute atomic E-state index is 0.115. The second-order valence-corrected chi connectivity index (χ2v) is 8.43. The largest absolute Gasteiger partial charge is 0.434 e. The van der Waals surface area contributed by atoms with E-state index in [0.717, 1.165) is 6.42 Å². The molecule has 12 heteroatoms. The van der Waals surface area contributed by atoms with Gasteiger partial charge in [-0.25, -0.2) is 5.10 Å². The Morgan fingerprint density at radius 1 is 1.41 bits per heavy atom. The maximum Gasteiger partial charge on any atom is 0.288 e. The topological polar surface area (TPSA) is 141 Å². The van der Waals surface area contributed by atoms with Crippen molar-refractivity contribution >= 4 is 46.9 Å². The molecule has 1 aliphatic carbocycles. The average molecular weight is 477 g/mol. The van der Waals surface area contributed by atoms with Gasteiger partial charge in [0.25, 0.3) is 11.5 Å². The molecule has 0 unspecified atom stereocenters. The zero-order valence-corrected chi connectivity index (χ0v) is 18.8. The van der Waals surface area contributed by atoms with Crippen molar-refractivity contribution in [1.29, 1.82) is 5.26 Å². The van der Waals surface area contributed by atoms with Gasteiger partial charge in [0, 0.05) is 18.2 Å². The van der Waals surface area contributed by atoms with Crippen LogP contribution in [0.4, 0.5) is 5.69 Å². The summed E-state index contributed by atoms with van der Waals surface area (Å²) in [7, 11) is 1.46. The van der Waals surface area contributed by atoms with Crippen molar-refractivity contribution in [3.63, 3.8) is 0 Å². The molecule has 0 saturated carbocycles. The van der Waals surface area contributed by atoms with E-state index < -0.39 is 11.6 Å². The number of ether oxygens (including phenoxy) is 1. The highest BCUT2D eigenvalue weighted by Crippen LogP contribution is 2.43. The molecule has 32 heavy (non-hydrogen) atoms. The molecule has 10 nitrogen and oxygen atoms in total. The first kappa shape index (κ1) is 23.2. The number of fused-ring (bicyclic) bond motifs is 1. The van der Waals surface area contributed by atoms with Gasteiger partial charge in [-0.15, -0.1) is 5.10 Å². The van der Waals surface area contributed by atoms with Gasteiger partial charge in [0.1, 0.15) is 6.07 Å². The summed E-state index contributed by atoms with van der Waals surface area (Å²) in [5, 5.41) is 22.7. The van der Waals surface area contributed by atoms with E-state index in [1.54, 1.807) is 6.07 Å². The number of nitrogens with one attached hydrogen (secondary N) is 2.